The van der Waals surface area contributed by atoms with E-state index in [0.717, 1.165) is 32.1 Å². The smallest absolute Gasteiger partial charge is 0.309 e. The predicted molar refractivity (Wildman–Crippen MR) is 123 cm³/mol. The van der Waals surface area contributed by atoms with Crippen LogP contribution in [-0.4, -0.2) is 34.4 Å². The van der Waals surface area contributed by atoms with Crippen molar-refractivity contribution in [1.82, 2.24) is 0 Å². The zero-order chi connectivity index (χ0) is 23.7. The number of carbonyl (C=O) groups is 2. The minimum atomic E-state index is -1.11. The van der Waals surface area contributed by atoms with E-state index in [1.54, 1.807) is 13.8 Å². The van der Waals surface area contributed by atoms with Gasteiger partial charge in [-0.2, -0.15) is 0 Å². The summed E-state index contributed by atoms with van der Waals surface area (Å²) in [5, 5.41) is 20.1. The molecule has 0 saturated heterocycles. The Morgan fingerprint density at radius 2 is 1.53 bits per heavy atom. The van der Waals surface area contributed by atoms with Gasteiger partial charge in [0, 0.05) is 5.41 Å². The van der Waals surface area contributed by atoms with Gasteiger partial charge in [-0.1, -0.05) is 27.7 Å². The van der Waals surface area contributed by atoms with Crippen molar-refractivity contribution in [3.8, 4) is 0 Å². The lowest BCUT2D eigenvalue weighted by Gasteiger charge is -2.64. The molecule has 0 aliphatic heterocycles. The molecule has 0 aromatic heterocycles. The number of hydrogen-bond acceptors (Lipinski definition) is 4. The first-order chi connectivity index (χ1) is 14.7. The molecule has 5 nitrogen and oxygen atoms in total. The van der Waals surface area contributed by atoms with Gasteiger partial charge in [-0.05, 0) is 99.7 Å². The molecule has 4 fully saturated rings. The Balaban J connectivity index is 1.50. The minimum absolute atomic E-state index is 0.0931. The fraction of sp³-hybridized carbons (Fsp3) is 0.926. The molecule has 0 heterocycles. The summed E-state index contributed by atoms with van der Waals surface area (Å²) in [7, 11) is 0. The summed E-state index contributed by atoms with van der Waals surface area (Å²) in [6.07, 6.45) is 8.36. The lowest BCUT2D eigenvalue weighted by atomic mass is 9.41. The van der Waals surface area contributed by atoms with Crippen molar-refractivity contribution < 1.29 is 24.5 Å². The largest absolute Gasteiger partial charge is 0.481 e. The third kappa shape index (κ3) is 3.52. The van der Waals surface area contributed by atoms with Gasteiger partial charge in [0.2, 0.25) is 0 Å². The molecule has 182 valence electrons. The molecule has 0 radical (unpaired) electrons. The highest BCUT2D eigenvalue weighted by atomic mass is 16.5. The lowest BCUT2D eigenvalue weighted by molar-refractivity contribution is -0.199. The molecule has 0 spiro atoms. The van der Waals surface area contributed by atoms with Gasteiger partial charge in [0.1, 0.15) is 6.10 Å². The molecule has 0 aromatic carbocycles. The lowest BCUT2D eigenvalue weighted by Crippen LogP contribution is -2.60. The molecule has 4 aliphatic rings. The van der Waals surface area contributed by atoms with Gasteiger partial charge in [0.15, 0.2) is 0 Å². The Labute approximate surface area is 193 Å². The summed E-state index contributed by atoms with van der Waals surface area (Å²) in [5.74, 6) is 1.17. The SMILES string of the molecule is CC(C)(CC(=O)O[C@@H]1CC[C@]2(C)[C@H]3CC[C@]4(C)[C@@H](O)CC[C@H]4[C@@H]3CC[C@H]2C1(C)C)C(=O)O. The second-order valence-corrected chi connectivity index (χ2v) is 13.4. The van der Waals surface area contributed by atoms with E-state index in [1.165, 1.54) is 19.3 Å². The Kier molecular flexibility index (Phi) is 5.79. The van der Waals surface area contributed by atoms with Crippen LogP contribution in [0.2, 0.25) is 0 Å². The summed E-state index contributed by atoms with van der Waals surface area (Å²) < 4.78 is 5.99. The minimum Gasteiger partial charge on any atom is -0.481 e. The zero-order valence-electron chi connectivity index (χ0n) is 20.9. The fourth-order valence-corrected chi connectivity index (χ4v) is 8.90. The van der Waals surface area contributed by atoms with Gasteiger partial charge in [-0.15, -0.1) is 0 Å². The Bertz CT molecular complexity index is 772. The van der Waals surface area contributed by atoms with E-state index < -0.39 is 11.4 Å². The van der Waals surface area contributed by atoms with Gasteiger partial charge in [0.25, 0.3) is 0 Å². The van der Waals surface area contributed by atoms with E-state index in [-0.39, 0.29) is 40.8 Å². The number of hydrogen-bond donors (Lipinski definition) is 2. The van der Waals surface area contributed by atoms with Gasteiger partial charge < -0.3 is 14.9 Å². The third-order valence-corrected chi connectivity index (χ3v) is 10.9. The second-order valence-electron chi connectivity index (χ2n) is 13.4. The van der Waals surface area contributed by atoms with E-state index in [4.69, 9.17) is 4.74 Å². The van der Waals surface area contributed by atoms with Crippen LogP contribution in [0.5, 0.6) is 0 Å². The summed E-state index contributed by atoms with van der Waals surface area (Å²) >= 11 is 0. The van der Waals surface area contributed by atoms with Crippen LogP contribution in [0.3, 0.4) is 0 Å². The summed E-state index contributed by atoms with van der Waals surface area (Å²) in [4.78, 5) is 24.1. The monoisotopic (exact) mass is 448 g/mol. The molecule has 8 atom stereocenters. The van der Waals surface area contributed by atoms with E-state index in [1.807, 2.05) is 0 Å². The third-order valence-electron chi connectivity index (χ3n) is 10.9. The van der Waals surface area contributed by atoms with Crippen LogP contribution in [0.4, 0.5) is 0 Å². The van der Waals surface area contributed by atoms with Crippen LogP contribution in [0, 0.1) is 45.3 Å². The molecule has 4 aliphatic carbocycles. The van der Waals surface area contributed by atoms with Crippen molar-refractivity contribution in [3.05, 3.63) is 0 Å². The van der Waals surface area contributed by atoms with E-state index in [9.17, 15) is 19.8 Å². The highest BCUT2D eigenvalue weighted by molar-refractivity contribution is 5.81. The predicted octanol–water partition coefficient (Wildman–Crippen LogP) is 5.44. The van der Waals surface area contributed by atoms with Crippen LogP contribution in [0.15, 0.2) is 0 Å². The van der Waals surface area contributed by atoms with Crippen LogP contribution in [-0.2, 0) is 14.3 Å². The molecule has 0 amide bonds. The van der Waals surface area contributed by atoms with E-state index >= 15 is 0 Å². The fourth-order valence-electron chi connectivity index (χ4n) is 8.90. The van der Waals surface area contributed by atoms with Crippen LogP contribution in [0.25, 0.3) is 0 Å². The van der Waals surface area contributed by atoms with Crippen LogP contribution >= 0.6 is 0 Å². The summed E-state index contributed by atoms with van der Waals surface area (Å²) in [5.41, 5.74) is -0.895. The van der Waals surface area contributed by atoms with Gasteiger partial charge in [-0.25, -0.2) is 0 Å². The van der Waals surface area contributed by atoms with E-state index in [0.29, 0.717) is 23.7 Å². The maximum atomic E-state index is 12.7. The van der Waals surface area contributed by atoms with Gasteiger partial charge in [-0.3, -0.25) is 9.59 Å². The Morgan fingerprint density at radius 3 is 2.19 bits per heavy atom. The quantitative estimate of drug-likeness (QED) is 0.560. The first-order valence-corrected chi connectivity index (χ1v) is 12.8. The van der Waals surface area contributed by atoms with Gasteiger partial charge >= 0.3 is 11.9 Å². The molecule has 4 rings (SSSR count). The number of carboxylic acids is 1. The average Bonchev–Trinajstić information content (AvgIpc) is 2.98. The Hall–Kier alpha value is -1.10. The zero-order valence-corrected chi connectivity index (χ0v) is 20.9. The summed E-state index contributed by atoms with van der Waals surface area (Å²) in [6, 6.07) is 0. The van der Waals surface area contributed by atoms with Crippen LogP contribution < -0.4 is 0 Å². The second kappa shape index (κ2) is 7.71. The molecule has 32 heavy (non-hydrogen) atoms. The van der Waals surface area contributed by atoms with Crippen molar-refractivity contribution in [3.63, 3.8) is 0 Å². The first kappa shape index (κ1) is 24.0. The molecule has 4 saturated carbocycles. The number of ether oxygens (including phenoxy) is 1. The highest BCUT2D eigenvalue weighted by Crippen LogP contribution is 2.68. The maximum Gasteiger partial charge on any atom is 0.309 e. The standard InChI is InChI=1S/C27H44O5/c1-24(2,23(30)31)15-22(29)32-21-12-14-26(5)18-11-13-27(6)17(8-10-20(27)28)16(18)7-9-19(26)25(21,3)4/h16-21,28H,7-15H2,1-6H3,(H,30,31)/t16-,17-,18-,19-,20-,21+,26+,27-/m0/s1. The molecule has 5 heteroatoms. The van der Waals surface area contributed by atoms with Crippen molar-refractivity contribution in [2.24, 2.45) is 45.3 Å². The average molecular weight is 449 g/mol. The van der Waals surface area contributed by atoms with Crippen molar-refractivity contribution in [1.29, 1.82) is 0 Å². The highest BCUT2D eigenvalue weighted by Gasteiger charge is 2.63. The van der Waals surface area contributed by atoms with Crippen molar-refractivity contribution in [2.75, 3.05) is 0 Å². The number of aliphatic carboxylic acids is 1. The molecular weight excluding hydrogens is 404 g/mol. The number of esters is 1. The number of carboxylic acid groups (broad SMARTS) is 1. The summed E-state index contributed by atoms with van der Waals surface area (Å²) in [6.45, 7) is 12.5. The first-order valence-electron chi connectivity index (χ1n) is 12.8. The maximum absolute atomic E-state index is 12.7. The Morgan fingerprint density at radius 1 is 0.906 bits per heavy atom. The topological polar surface area (TPSA) is 83.8 Å². The van der Waals surface area contributed by atoms with Crippen molar-refractivity contribution in [2.45, 2.75) is 112 Å². The molecule has 2 N–H and O–H groups in total. The number of carbonyl (C=O) groups excluding carboxylic acids is 1. The van der Waals surface area contributed by atoms with Crippen LogP contribution in [0.1, 0.15) is 99.3 Å². The molecule has 0 bridgehead atoms. The number of aliphatic hydroxyl groups excluding tert-OH is 1. The molecule has 0 unspecified atom stereocenters. The van der Waals surface area contributed by atoms with Gasteiger partial charge in [0.05, 0.1) is 17.9 Å². The normalized spacial score (nSPS) is 45.3. The molecule has 0 aromatic rings. The number of fused-ring (bicyclic) bond motifs is 5. The number of rotatable bonds is 4. The molecular formula is C27H44O5. The number of aliphatic hydroxyl groups is 1. The van der Waals surface area contributed by atoms with Crippen molar-refractivity contribution >= 4 is 11.9 Å². The van der Waals surface area contributed by atoms with E-state index in [2.05, 4.69) is 27.7 Å².